The molecule has 2 bridgehead atoms. The van der Waals surface area contributed by atoms with Gasteiger partial charge in [0.25, 0.3) is 0 Å². The van der Waals surface area contributed by atoms with E-state index in [0.29, 0.717) is 67.7 Å². The van der Waals surface area contributed by atoms with E-state index < -0.39 is 57.9 Å². The van der Waals surface area contributed by atoms with Gasteiger partial charge in [-0.15, -0.1) is 0 Å². The summed E-state index contributed by atoms with van der Waals surface area (Å²) in [4.78, 5) is 66.5. The summed E-state index contributed by atoms with van der Waals surface area (Å²) in [5.74, 6) is -1.87. The Balaban J connectivity index is 1.29. The fourth-order valence-corrected chi connectivity index (χ4v) is 13.7. The number of carbonyl (C=O) groups excluding carboxylic acids is 4. The summed E-state index contributed by atoms with van der Waals surface area (Å²) in [5, 5.41) is 14.3. The molecule has 0 radical (unpaired) electrons. The number of aliphatic hydroxyl groups is 1. The van der Waals surface area contributed by atoms with E-state index in [0.717, 1.165) is 48.2 Å². The number of ether oxygens (including phenoxy) is 5. The number of benzene rings is 2. The third-order valence-corrected chi connectivity index (χ3v) is 15.9. The molecule has 2 N–H and O–H groups in total. The first-order chi connectivity index (χ1) is 28.9. The number of esters is 3. The molecule has 60 heavy (non-hydrogen) atoms. The highest BCUT2D eigenvalue weighted by molar-refractivity contribution is 5.96. The van der Waals surface area contributed by atoms with Gasteiger partial charge in [-0.3, -0.25) is 24.2 Å². The highest BCUT2D eigenvalue weighted by Gasteiger charge is 2.81. The molecule has 2 aromatic carbocycles. The number of para-hydroxylation sites is 1. The number of nitrogens with one attached hydrogen (secondary N) is 1. The number of anilines is 1. The number of nitrogens with zero attached hydrogens (tertiary/aromatic N) is 3. The number of fused-ring (bicyclic) bond motifs is 8. The average Bonchev–Trinajstić information content (AvgIpc) is 3.53. The zero-order valence-corrected chi connectivity index (χ0v) is 35.1. The van der Waals surface area contributed by atoms with Crippen LogP contribution in [0.25, 0.3) is 10.9 Å². The standard InChI is InChI=1S/C46H54N4O10/c1-7-42-15-11-17-49-19-16-44(37(42)49)30-20-31(34(56-4)21-33(30)50(25-51)38(44)46(55,41(54)58-6)39(42)59-26(3)52)45(40(53)57-5)22-27-23-48(24-43(8-2)36(27)60-43)18-14-29-28-12-9-10-13-32(28)47-35(29)45/h9-13,15,20-21,25,27,36-39,47,55H,7-8,14,16-19,22-24H2,1-6H3/t27-,36+,37-,38+,39+,42-,43+,44-,45+,46?/m0/s1. The van der Waals surface area contributed by atoms with E-state index in [1.165, 1.54) is 26.0 Å². The molecule has 6 aliphatic heterocycles. The minimum Gasteiger partial charge on any atom is -0.496 e. The second-order valence-corrected chi connectivity index (χ2v) is 18.2. The van der Waals surface area contributed by atoms with Crippen LogP contribution >= 0.6 is 0 Å². The molecule has 3 saturated heterocycles. The van der Waals surface area contributed by atoms with Crippen molar-refractivity contribution in [1.82, 2.24) is 14.8 Å². The minimum atomic E-state index is -2.52. The van der Waals surface area contributed by atoms with E-state index in [9.17, 15) is 19.5 Å². The number of hydrogen-bond acceptors (Lipinski definition) is 12. The van der Waals surface area contributed by atoms with Crippen LogP contribution in [0, 0.1) is 11.3 Å². The fraction of sp³-hybridized carbons (Fsp3) is 0.565. The second-order valence-electron chi connectivity index (χ2n) is 18.2. The number of hydrogen-bond donors (Lipinski definition) is 2. The van der Waals surface area contributed by atoms with Crippen molar-refractivity contribution in [2.45, 2.75) is 99.2 Å². The maximum Gasteiger partial charge on any atom is 0.344 e. The summed E-state index contributed by atoms with van der Waals surface area (Å²) in [5.41, 5.74) is -2.15. The van der Waals surface area contributed by atoms with Crippen LogP contribution < -0.4 is 9.64 Å². The Morgan fingerprint density at radius 2 is 1.80 bits per heavy atom. The number of amides is 1. The second kappa shape index (κ2) is 13.4. The summed E-state index contributed by atoms with van der Waals surface area (Å²) < 4.78 is 30.4. The normalized spacial score (nSPS) is 38.2. The molecule has 2 unspecified atom stereocenters. The van der Waals surface area contributed by atoms with Gasteiger partial charge in [-0.05, 0) is 61.9 Å². The van der Waals surface area contributed by atoms with Crippen LogP contribution in [-0.4, -0.2) is 134 Å². The number of methoxy groups -OCH3 is 3. The van der Waals surface area contributed by atoms with Crippen LogP contribution in [-0.2, 0) is 55.4 Å². The average molecular weight is 823 g/mol. The molecule has 1 spiro atoms. The Hall–Kier alpha value is -4.76. The van der Waals surface area contributed by atoms with Crippen LogP contribution in [0.15, 0.2) is 48.6 Å². The lowest BCUT2D eigenvalue weighted by Crippen LogP contribution is -2.81. The predicted molar refractivity (Wildman–Crippen MR) is 219 cm³/mol. The Kier molecular flexibility index (Phi) is 8.77. The number of carbonyl (C=O) groups is 4. The van der Waals surface area contributed by atoms with Crippen LogP contribution in [0.5, 0.6) is 5.75 Å². The number of epoxide rings is 1. The van der Waals surface area contributed by atoms with Crippen LogP contribution in [0.1, 0.15) is 68.8 Å². The largest absolute Gasteiger partial charge is 0.496 e. The van der Waals surface area contributed by atoms with Crippen LogP contribution in [0.4, 0.5) is 5.69 Å². The highest BCUT2D eigenvalue weighted by atomic mass is 16.6. The van der Waals surface area contributed by atoms with E-state index in [2.05, 4.69) is 27.8 Å². The zero-order chi connectivity index (χ0) is 42.1. The molecule has 1 amide bonds. The zero-order valence-electron chi connectivity index (χ0n) is 35.1. The SMILES string of the molecule is CC[C@@]12CN3CCc4c([nH]c5ccccc45)[C@](C(=O)OC)(c4cc5c(cc4OC)N(C=O)[C@H]4C(O)(C(=O)OC)[C@H](OC(C)=O)[C@@]6(CC)C=CCN7CC[C@@]54[C@@H]76)C[C@@H](C3)[C@H]1O2. The topological polar surface area (TPSA) is 163 Å². The molecule has 14 nitrogen and oxygen atoms in total. The Labute approximate surface area is 349 Å². The molecule has 1 aromatic heterocycles. The van der Waals surface area contributed by atoms with Gasteiger partial charge in [0.2, 0.25) is 12.0 Å². The van der Waals surface area contributed by atoms with Crippen molar-refractivity contribution in [3.8, 4) is 5.75 Å². The van der Waals surface area contributed by atoms with Crippen molar-refractivity contribution in [1.29, 1.82) is 0 Å². The fourth-order valence-electron chi connectivity index (χ4n) is 13.7. The Bertz CT molecular complexity index is 2360. The summed E-state index contributed by atoms with van der Waals surface area (Å²) in [6, 6.07) is 10.2. The first-order valence-corrected chi connectivity index (χ1v) is 21.3. The molecule has 11 atom stereocenters. The Morgan fingerprint density at radius 3 is 2.50 bits per heavy atom. The molecular formula is C46H54N4O10. The summed E-state index contributed by atoms with van der Waals surface area (Å²) in [6.45, 7) is 8.86. The van der Waals surface area contributed by atoms with E-state index >= 15 is 4.79 Å². The molecule has 318 valence electrons. The number of rotatable bonds is 8. The van der Waals surface area contributed by atoms with E-state index in [-0.39, 0.29) is 17.6 Å². The van der Waals surface area contributed by atoms with Crippen molar-refractivity contribution in [2.75, 3.05) is 59.0 Å². The van der Waals surface area contributed by atoms with Gasteiger partial charge in [-0.25, -0.2) is 4.79 Å². The van der Waals surface area contributed by atoms with Crippen molar-refractivity contribution in [3.63, 3.8) is 0 Å². The number of piperidine rings is 1. The summed E-state index contributed by atoms with van der Waals surface area (Å²) in [6.07, 6.45) is 5.84. The van der Waals surface area contributed by atoms with Crippen molar-refractivity contribution >= 4 is 40.9 Å². The summed E-state index contributed by atoms with van der Waals surface area (Å²) in [7, 11) is 4.15. The highest BCUT2D eigenvalue weighted by Crippen LogP contribution is 2.68. The lowest BCUT2D eigenvalue weighted by Gasteiger charge is -2.63. The van der Waals surface area contributed by atoms with E-state index in [1.54, 1.807) is 13.2 Å². The molecule has 4 fully saturated rings. The maximum atomic E-state index is 15.4. The third kappa shape index (κ3) is 4.73. The first-order valence-electron chi connectivity index (χ1n) is 21.3. The van der Waals surface area contributed by atoms with Crippen molar-refractivity contribution in [3.05, 3.63) is 70.9 Å². The molecule has 1 aliphatic carbocycles. The molecule has 14 heteroatoms. The van der Waals surface area contributed by atoms with Gasteiger partial charge in [-0.2, -0.15) is 0 Å². The summed E-state index contributed by atoms with van der Waals surface area (Å²) >= 11 is 0. The number of aromatic nitrogens is 1. The molecule has 7 aliphatic rings. The van der Waals surface area contributed by atoms with Gasteiger partial charge in [0, 0.05) is 84.1 Å². The number of aromatic amines is 1. The maximum absolute atomic E-state index is 15.4. The monoisotopic (exact) mass is 822 g/mol. The van der Waals surface area contributed by atoms with E-state index in [4.69, 9.17) is 23.7 Å². The quantitative estimate of drug-likeness (QED) is 0.112. The van der Waals surface area contributed by atoms with Crippen molar-refractivity contribution < 1.29 is 48.0 Å². The molecule has 10 rings (SSSR count). The lowest BCUT2D eigenvalue weighted by molar-refractivity contribution is -0.228. The van der Waals surface area contributed by atoms with Gasteiger partial charge < -0.3 is 38.7 Å². The van der Waals surface area contributed by atoms with Gasteiger partial charge in [0.1, 0.15) is 16.8 Å². The molecular weight excluding hydrogens is 769 g/mol. The van der Waals surface area contributed by atoms with Gasteiger partial charge in [0.15, 0.2) is 6.10 Å². The first kappa shape index (κ1) is 39.4. The number of H-pyrrole nitrogens is 1. The molecule has 1 saturated carbocycles. The van der Waals surface area contributed by atoms with Crippen LogP contribution in [0.3, 0.4) is 0 Å². The molecule has 3 aromatic rings. The van der Waals surface area contributed by atoms with Gasteiger partial charge >= 0.3 is 17.9 Å². The van der Waals surface area contributed by atoms with Gasteiger partial charge in [-0.1, -0.05) is 44.2 Å². The smallest absolute Gasteiger partial charge is 0.344 e. The third-order valence-electron chi connectivity index (χ3n) is 15.9. The predicted octanol–water partition coefficient (Wildman–Crippen LogP) is 3.53. The van der Waals surface area contributed by atoms with E-state index in [1.807, 2.05) is 43.3 Å². The molecule has 7 heterocycles. The Morgan fingerprint density at radius 1 is 1.02 bits per heavy atom. The van der Waals surface area contributed by atoms with Crippen LogP contribution in [0.2, 0.25) is 0 Å². The lowest BCUT2D eigenvalue weighted by atomic mass is 9.47. The van der Waals surface area contributed by atoms with Crippen molar-refractivity contribution in [2.24, 2.45) is 11.3 Å². The van der Waals surface area contributed by atoms with Gasteiger partial charge in [0.05, 0.1) is 39.2 Å². The minimum absolute atomic E-state index is 0.0585.